The van der Waals surface area contributed by atoms with Crippen LogP contribution in [0.5, 0.6) is 0 Å². The summed E-state index contributed by atoms with van der Waals surface area (Å²) in [6, 6.07) is 7.46. The summed E-state index contributed by atoms with van der Waals surface area (Å²) in [6.07, 6.45) is -2.56. The molecule has 0 saturated carbocycles. The first kappa shape index (κ1) is 9.32. The molecule has 2 unspecified atom stereocenters. The number of H-pyrrole nitrogens is 1. The topological polar surface area (TPSA) is 90.7 Å². The minimum atomic E-state index is -1.32. The van der Waals surface area contributed by atoms with Gasteiger partial charge in [0.25, 0.3) is 5.90 Å². The average molecular weight is 219 g/mol. The number of nitrogens with zero attached hydrogens (tertiary/aromatic N) is 2. The summed E-state index contributed by atoms with van der Waals surface area (Å²) in [4.78, 5) is 11.0. The maximum absolute atomic E-state index is 9.20. The van der Waals surface area contributed by atoms with Crippen LogP contribution in [0.1, 0.15) is 5.82 Å². The van der Waals surface area contributed by atoms with Gasteiger partial charge in [-0.05, 0) is 12.1 Å². The summed E-state index contributed by atoms with van der Waals surface area (Å²) in [5.41, 5.74) is 1.62. The van der Waals surface area contributed by atoms with Crippen molar-refractivity contribution in [2.75, 3.05) is 0 Å². The van der Waals surface area contributed by atoms with Gasteiger partial charge in [0.15, 0.2) is 5.82 Å². The fourth-order valence-electron chi connectivity index (χ4n) is 1.56. The van der Waals surface area contributed by atoms with Crippen molar-refractivity contribution in [3.05, 3.63) is 30.1 Å². The number of para-hydroxylation sites is 2. The molecule has 2 heterocycles. The molecule has 0 spiro atoms. The Bertz CT molecular complexity index is 530. The number of aliphatic hydroxyl groups excluding tert-OH is 2. The number of hydrogen-bond acceptors (Lipinski definition) is 5. The molecule has 0 amide bonds. The molecule has 16 heavy (non-hydrogen) atoms. The van der Waals surface area contributed by atoms with E-state index in [0.29, 0.717) is 5.82 Å². The first-order valence-electron chi connectivity index (χ1n) is 4.80. The smallest absolute Gasteiger partial charge is 0.258 e. The predicted octanol–water partition coefficient (Wildman–Crippen LogP) is -0.0235. The number of rotatable bonds is 1. The summed E-state index contributed by atoms with van der Waals surface area (Å²) in [5.74, 6) is 0.521. The second kappa shape index (κ2) is 3.29. The van der Waals surface area contributed by atoms with E-state index in [2.05, 4.69) is 15.0 Å². The van der Waals surface area contributed by atoms with Crippen LogP contribution in [0.25, 0.3) is 11.0 Å². The van der Waals surface area contributed by atoms with Crippen LogP contribution in [0.15, 0.2) is 29.3 Å². The first-order chi connectivity index (χ1) is 7.74. The molecule has 1 aromatic carbocycles. The first-order valence-corrected chi connectivity index (χ1v) is 4.80. The molecule has 3 N–H and O–H groups in total. The fraction of sp³-hybridized carbons (Fsp3) is 0.200. The van der Waals surface area contributed by atoms with E-state index in [9.17, 15) is 10.2 Å². The third-order valence-electron chi connectivity index (χ3n) is 2.33. The molecule has 1 aromatic heterocycles. The Kier molecular flexibility index (Phi) is 1.92. The molecule has 0 radical (unpaired) electrons. The van der Waals surface area contributed by atoms with E-state index in [-0.39, 0.29) is 5.90 Å². The van der Waals surface area contributed by atoms with Crippen molar-refractivity contribution in [1.29, 1.82) is 0 Å². The Balaban J connectivity index is 2.04. The molecule has 0 aliphatic carbocycles. The standard InChI is InChI=1S/C10H9N3O3/c14-8-10(15)16-9(13-8)7-11-5-3-1-2-4-6(5)12-7/h1-4,8,10,14-15H,(H,11,12). The largest absolute Gasteiger partial charge is 0.440 e. The summed E-state index contributed by atoms with van der Waals surface area (Å²) in [6.45, 7) is 0. The van der Waals surface area contributed by atoms with Crippen molar-refractivity contribution in [3.8, 4) is 0 Å². The van der Waals surface area contributed by atoms with Crippen molar-refractivity contribution < 1.29 is 14.9 Å². The van der Waals surface area contributed by atoms with E-state index in [4.69, 9.17) is 4.74 Å². The highest BCUT2D eigenvalue weighted by Gasteiger charge is 2.29. The SMILES string of the molecule is OC1N=C(c2nc3ccccc3[nH]2)OC1O. The number of aromatic nitrogens is 2. The van der Waals surface area contributed by atoms with E-state index >= 15 is 0 Å². The number of imidazole rings is 1. The number of nitrogens with one attached hydrogen (secondary N) is 1. The van der Waals surface area contributed by atoms with Gasteiger partial charge < -0.3 is 19.9 Å². The average Bonchev–Trinajstić information content (AvgIpc) is 2.83. The lowest BCUT2D eigenvalue weighted by Crippen LogP contribution is -2.21. The highest BCUT2D eigenvalue weighted by atomic mass is 16.6. The van der Waals surface area contributed by atoms with Crippen LogP contribution >= 0.6 is 0 Å². The Labute approximate surface area is 90.2 Å². The maximum atomic E-state index is 9.20. The molecular formula is C10H9N3O3. The molecular weight excluding hydrogens is 210 g/mol. The Morgan fingerprint density at radius 1 is 1.25 bits per heavy atom. The van der Waals surface area contributed by atoms with Gasteiger partial charge in [0, 0.05) is 0 Å². The number of aliphatic imine (C=N–C) groups is 1. The number of benzene rings is 1. The molecule has 3 rings (SSSR count). The Morgan fingerprint density at radius 3 is 2.75 bits per heavy atom. The van der Waals surface area contributed by atoms with Gasteiger partial charge in [-0.2, -0.15) is 0 Å². The molecule has 2 atom stereocenters. The van der Waals surface area contributed by atoms with Crippen LogP contribution in [0.2, 0.25) is 0 Å². The quantitative estimate of drug-likeness (QED) is 0.628. The third-order valence-corrected chi connectivity index (χ3v) is 2.33. The van der Waals surface area contributed by atoms with Gasteiger partial charge in [0.2, 0.25) is 12.5 Å². The van der Waals surface area contributed by atoms with E-state index < -0.39 is 12.5 Å². The number of ether oxygens (including phenoxy) is 1. The lowest BCUT2D eigenvalue weighted by atomic mass is 10.3. The van der Waals surface area contributed by atoms with Crippen molar-refractivity contribution in [2.45, 2.75) is 12.5 Å². The van der Waals surface area contributed by atoms with Crippen LogP contribution in [0, 0.1) is 0 Å². The number of hydrogen-bond donors (Lipinski definition) is 3. The minimum Gasteiger partial charge on any atom is -0.440 e. The van der Waals surface area contributed by atoms with E-state index in [1.807, 2.05) is 24.3 Å². The van der Waals surface area contributed by atoms with Gasteiger partial charge in [-0.3, -0.25) is 0 Å². The molecule has 0 fully saturated rings. The zero-order valence-electron chi connectivity index (χ0n) is 8.16. The summed E-state index contributed by atoms with van der Waals surface area (Å²) in [7, 11) is 0. The number of fused-ring (bicyclic) bond motifs is 1. The second-order valence-electron chi connectivity index (χ2n) is 3.46. The van der Waals surface area contributed by atoms with Crippen molar-refractivity contribution >= 4 is 16.9 Å². The highest BCUT2D eigenvalue weighted by Crippen LogP contribution is 2.16. The minimum absolute atomic E-state index is 0.121. The summed E-state index contributed by atoms with van der Waals surface area (Å²) >= 11 is 0. The molecule has 1 aliphatic rings. The molecule has 6 heteroatoms. The molecule has 0 bridgehead atoms. The van der Waals surface area contributed by atoms with E-state index in [0.717, 1.165) is 11.0 Å². The van der Waals surface area contributed by atoms with Gasteiger partial charge in [0.1, 0.15) is 0 Å². The summed E-state index contributed by atoms with van der Waals surface area (Å²) in [5, 5.41) is 18.4. The fourth-order valence-corrected chi connectivity index (χ4v) is 1.56. The van der Waals surface area contributed by atoms with Crippen molar-refractivity contribution in [3.63, 3.8) is 0 Å². The highest BCUT2D eigenvalue weighted by molar-refractivity contribution is 5.94. The molecule has 0 saturated heterocycles. The lowest BCUT2D eigenvalue weighted by Gasteiger charge is -2.03. The summed E-state index contributed by atoms with van der Waals surface area (Å²) < 4.78 is 4.95. The lowest BCUT2D eigenvalue weighted by molar-refractivity contribution is -0.0867. The van der Waals surface area contributed by atoms with Gasteiger partial charge >= 0.3 is 0 Å². The second-order valence-corrected chi connectivity index (χ2v) is 3.46. The number of aliphatic hydroxyl groups is 2. The van der Waals surface area contributed by atoms with E-state index in [1.165, 1.54) is 0 Å². The van der Waals surface area contributed by atoms with Gasteiger partial charge in [-0.1, -0.05) is 12.1 Å². The normalized spacial score (nSPS) is 24.5. The zero-order chi connectivity index (χ0) is 11.1. The molecule has 1 aliphatic heterocycles. The van der Waals surface area contributed by atoms with Crippen molar-refractivity contribution in [1.82, 2.24) is 9.97 Å². The Hall–Kier alpha value is -1.92. The van der Waals surface area contributed by atoms with Gasteiger partial charge in [-0.15, -0.1) is 0 Å². The van der Waals surface area contributed by atoms with Crippen LogP contribution < -0.4 is 0 Å². The molecule has 6 nitrogen and oxygen atoms in total. The predicted molar refractivity (Wildman–Crippen MR) is 55.7 cm³/mol. The monoisotopic (exact) mass is 219 g/mol. The maximum Gasteiger partial charge on any atom is 0.258 e. The van der Waals surface area contributed by atoms with Crippen molar-refractivity contribution in [2.24, 2.45) is 4.99 Å². The van der Waals surface area contributed by atoms with E-state index in [1.54, 1.807) is 0 Å². The van der Waals surface area contributed by atoms with Crippen LogP contribution in [-0.4, -0.2) is 38.6 Å². The Morgan fingerprint density at radius 2 is 2.06 bits per heavy atom. The van der Waals surface area contributed by atoms with Crippen LogP contribution in [0.3, 0.4) is 0 Å². The van der Waals surface area contributed by atoms with Gasteiger partial charge in [0.05, 0.1) is 11.0 Å². The molecule has 82 valence electrons. The van der Waals surface area contributed by atoms with Crippen LogP contribution in [0.4, 0.5) is 0 Å². The zero-order valence-corrected chi connectivity index (χ0v) is 8.16. The van der Waals surface area contributed by atoms with Crippen LogP contribution in [-0.2, 0) is 4.74 Å². The molecule has 2 aromatic rings. The third kappa shape index (κ3) is 1.36. The number of aromatic amines is 1. The van der Waals surface area contributed by atoms with Gasteiger partial charge in [-0.25, -0.2) is 9.98 Å².